The van der Waals surface area contributed by atoms with E-state index in [-0.39, 0.29) is 36.6 Å². The fourth-order valence-corrected chi connectivity index (χ4v) is 3.96. The summed E-state index contributed by atoms with van der Waals surface area (Å²) in [6.07, 6.45) is 0.177. The fraction of sp³-hybridized carbons (Fsp3) is 0.261. The summed E-state index contributed by atoms with van der Waals surface area (Å²) in [6.45, 7) is 2.48. The second-order valence-corrected chi connectivity index (χ2v) is 7.58. The van der Waals surface area contributed by atoms with Crippen molar-refractivity contribution in [1.29, 1.82) is 5.26 Å². The number of carbonyl (C=O) groups excluding carboxylic acids is 2. The number of nitrogens with zero attached hydrogens (tertiary/aromatic N) is 1. The largest absolute Gasteiger partial charge is 0.489 e. The molecule has 0 aromatic heterocycles. The molecule has 30 heavy (non-hydrogen) atoms. The van der Waals surface area contributed by atoms with Crippen molar-refractivity contribution in [3.05, 3.63) is 76.3 Å². The molecule has 0 aliphatic carbocycles. The molecule has 7 heteroatoms. The highest BCUT2D eigenvalue weighted by Gasteiger charge is 2.30. The van der Waals surface area contributed by atoms with E-state index in [4.69, 9.17) is 9.47 Å². The first-order valence-electron chi connectivity index (χ1n) is 9.60. The fourth-order valence-electron chi connectivity index (χ4n) is 3.09. The molecule has 1 N–H and O–H groups in total. The van der Waals surface area contributed by atoms with Gasteiger partial charge < -0.3 is 14.8 Å². The molecule has 0 saturated heterocycles. The maximum Gasteiger partial charge on any atom is 0.316 e. The number of allylic oxidation sites excluding steroid dienone is 1. The first-order chi connectivity index (χ1) is 14.6. The van der Waals surface area contributed by atoms with Crippen molar-refractivity contribution in [2.75, 3.05) is 12.4 Å². The molecular formula is C23H22N2O4S. The number of hydrogen-bond donors (Lipinski definition) is 1. The lowest BCUT2D eigenvalue weighted by atomic mass is 9.87. The Hall–Kier alpha value is -3.24. The van der Waals surface area contributed by atoms with Gasteiger partial charge in [0, 0.05) is 12.3 Å². The number of nitriles is 1. The molecule has 0 spiro atoms. The summed E-state index contributed by atoms with van der Waals surface area (Å²) in [5.74, 6) is -0.189. The Bertz CT molecular complexity index is 965. The number of thioether (sulfide) groups is 1. The average molecular weight is 423 g/mol. The predicted molar refractivity (Wildman–Crippen MR) is 114 cm³/mol. The smallest absolute Gasteiger partial charge is 0.316 e. The lowest BCUT2D eigenvalue weighted by Gasteiger charge is -2.25. The molecule has 6 nitrogen and oxygen atoms in total. The molecular weight excluding hydrogens is 400 g/mol. The molecule has 0 radical (unpaired) electrons. The first kappa shape index (κ1) is 21.5. The van der Waals surface area contributed by atoms with Crippen molar-refractivity contribution >= 4 is 23.6 Å². The predicted octanol–water partition coefficient (Wildman–Crippen LogP) is 3.90. The summed E-state index contributed by atoms with van der Waals surface area (Å²) in [5, 5.41) is 12.8. The van der Waals surface area contributed by atoms with Crippen LogP contribution in [0.3, 0.4) is 0 Å². The highest BCUT2D eigenvalue weighted by molar-refractivity contribution is 8.03. The number of benzene rings is 2. The van der Waals surface area contributed by atoms with Crippen LogP contribution >= 0.6 is 11.8 Å². The van der Waals surface area contributed by atoms with E-state index in [0.29, 0.717) is 23.0 Å². The summed E-state index contributed by atoms with van der Waals surface area (Å²) in [6, 6.07) is 19.5. The second kappa shape index (κ2) is 10.5. The minimum atomic E-state index is -0.386. The molecule has 0 saturated carbocycles. The van der Waals surface area contributed by atoms with Crippen molar-refractivity contribution in [3.63, 3.8) is 0 Å². The van der Waals surface area contributed by atoms with Gasteiger partial charge >= 0.3 is 5.97 Å². The Kier molecular flexibility index (Phi) is 7.52. The van der Waals surface area contributed by atoms with Gasteiger partial charge in [-0.1, -0.05) is 54.2 Å². The number of ether oxygens (including phenoxy) is 2. The molecule has 3 rings (SSSR count). The summed E-state index contributed by atoms with van der Waals surface area (Å²) >= 11 is 1.12. The van der Waals surface area contributed by atoms with E-state index >= 15 is 0 Å². The number of hydrogen-bond acceptors (Lipinski definition) is 6. The Balaban J connectivity index is 1.72. The van der Waals surface area contributed by atoms with E-state index in [1.165, 1.54) is 0 Å². The Morgan fingerprint density at radius 2 is 1.93 bits per heavy atom. The molecule has 2 aromatic rings. The normalized spacial score (nSPS) is 15.9. The first-order valence-corrected chi connectivity index (χ1v) is 10.6. The van der Waals surface area contributed by atoms with E-state index < -0.39 is 0 Å². The van der Waals surface area contributed by atoms with Gasteiger partial charge in [-0.15, -0.1) is 0 Å². The molecule has 1 amide bonds. The van der Waals surface area contributed by atoms with Gasteiger partial charge in [0.25, 0.3) is 0 Å². The molecule has 1 heterocycles. The van der Waals surface area contributed by atoms with Crippen LogP contribution in [0.5, 0.6) is 5.75 Å². The molecule has 0 unspecified atom stereocenters. The van der Waals surface area contributed by atoms with Gasteiger partial charge in [0.15, 0.2) is 0 Å². The molecule has 1 aliphatic rings. The zero-order valence-electron chi connectivity index (χ0n) is 16.6. The van der Waals surface area contributed by atoms with E-state index in [1.807, 2.05) is 54.6 Å². The zero-order chi connectivity index (χ0) is 21.3. The molecule has 1 aliphatic heterocycles. The topological polar surface area (TPSA) is 88.4 Å². The lowest BCUT2D eigenvalue weighted by molar-refractivity contribution is -0.139. The molecule has 1 atom stereocenters. The number of esters is 1. The van der Waals surface area contributed by atoms with Gasteiger partial charge in [-0.2, -0.15) is 5.26 Å². The monoisotopic (exact) mass is 422 g/mol. The Labute approximate surface area is 179 Å². The standard InChI is InChI=1S/C23H22N2O4S/c1-2-28-22(27)15-30-23-20(13-24)19(12-21(26)25-23)17-8-10-18(11-9-17)29-14-16-6-4-3-5-7-16/h3-11,19H,2,12,14-15H2,1H3,(H,25,26)/t19-/m0/s1. The average Bonchev–Trinajstić information content (AvgIpc) is 2.77. The maximum atomic E-state index is 12.2. The summed E-state index contributed by atoms with van der Waals surface area (Å²) in [7, 11) is 0. The van der Waals surface area contributed by atoms with Crippen LogP contribution in [0.25, 0.3) is 0 Å². The number of nitrogens with one attached hydrogen (secondary N) is 1. The molecule has 0 fully saturated rings. The van der Waals surface area contributed by atoms with Crippen LogP contribution in [-0.4, -0.2) is 24.2 Å². The minimum absolute atomic E-state index is 0.0353. The third-order valence-corrected chi connectivity index (χ3v) is 5.52. The van der Waals surface area contributed by atoms with E-state index in [0.717, 1.165) is 22.9 Å². The SMILES string of the molecule is CCOC(=O)CSC1=C(C#N)[C@H](c2ccc(OCc3ccccc3)cc2)CC(=O)N1. The molecule has 2 aromatic carbocycles. The summed E-state index contributed by atoms with van der Waals surface area (Å²) in [5.41, 5.74) is 2.37. The number of rotatable bonds is 8. The number of carbonyl (C=O) groups is 2. The maximum absolute atomic E-state index is 12.2. The van der Waals surface area contributed by atoms with Crippen molar-refractivity contribution < 1.29 is 19.1 Å². The van der Waals surface area contributed by atoms with Crippen LogP contribution in [-0.2, 0) is 20.9 Å². The Morgan fingerprint density at radius 3 is 2.60 bits per heavy atom. The highest BCUT2D eigenvalue weighted by atomic mass is 32.2. The minimum Gasteiger partial charge on any atom is -0.489 e. The zero-order valence-corrected chi connectivity index (χ0v) is 17.4. The second-order valence-electron chi connectivity index (χ2n) is 6.60. The summed E-state index contributed by atoms with van der Waals surface area (Å²) in [4.78, 5) is 23.8. The van der Waals surface area contributed by atoms with Crippen LogP contribution in [0.1, 0.15) is 30.4 Å². The van der Waals surface area contributed by atoms with Crippen molar-refractivity contribution in [2.24, 2.45) is 0 Å². The third kappa shape index (κ3) is 5.65. The van der Waals surface area contributed by atoms with Crippen LogP contribution in [0.15, 0.2) is 65.2 Å². The van der Waals surface area contributed by atoms with Crippen molar-refractivity contribution in [2.45, 2.75) is 25.9 Å². The van der Waals surface area contributed by atoms with Gasteiger partial charge in [-0.25, -0.2) is 0 Å². The van der Waals surface area contributed by atoms with Gasteiger partial charge in [0.05, 0.1) is 29.0 Å². The van der Waals surface area contributed by atoms with Crippen LogP contribution in [0.2, 0.25) is 0 Å². The van der Waals surface area contributed by atoms with Gasteiger partial charge in [0.2, 0.25) is 5.91 Å². The van der Waals surface area contributed by atoms with Crippen molar-refractivity contribution in [1.82, 2.24) is 5.32 Å². The lowest BCUT2D eigenvalue weighted by Crippen LogP contribution is -2.31. The third-order valence-electron chi connectivity index (χ3n) is 4.53. The highest BCUT2D eigenvalue weighted by Crippen LogP contribution is 2.36. The van der Waals surface area contributed by atoms with Crippen molar-refractivity contribution in [3.8, 4) is 11.8 Å². The summed E-state index contributed by atoms with van der Waals surface area (Å²) < 4.78 is 10.7. The van der Waals surface area contributed by atoms with Crippen LogP contribution in [0, 0.1) is 11.3 Å². The van der Waals surface area contributed by atoms with E-state index in [2.05, 4.69) is 11.4 Å². The van der Waals surface area contributed by atoms with Crippen LogP contribution in [0.4, 0.5) is 0 Å². The quantitative estimate of drug-likeness (QED) is 0.649. The van der Waals surface area contributed by atoms with Gasteiger partial charge in [-0.3, -0.25) is 9.59 Å². The van der Waals surface area contributed by atoms with E-state index in [1.54, 1.807) is 6.92 Å². The van der Waals surface area contributed by atoms with Crippen LogP contribution < -0.4 is 10.1 Å². The van der Waals surface area contributed by atoms with Gasteiger partial charge in [0.1, 0.15) is 12.4 Å². The molecule has 0 bridgehead atoms. The van der Waals surface area contributed by atoms with Gasteiger partial charge in [-0.05, 0) is 30.2 Å². The van der Waals surface area contributed by atoms with E-state index in [9.17, 15) is 14.9 Å². The molecule has 154 valence electrons. The Morgan fingerprint density at radius 1 is 1.20 bits per heavy atom. The number of amides is 1.